The SMILES string of the molecule is CCCCc1ccc(C(=O)O)nc1.[Ca+2].[H-].[H-]. The fourth-order valence-electron chi connectivity index (χ4n) is 1.08. The summed E-state index contributed by atoms with van der Waals surface area (Å²) in [6.07, 6.45) is 4.87. The molecule has 0 atom stereocenters. The van der Waals surface area contributed by atoms with Crippen molar-refractivity contribution >= 4 is 43.7 Å². The Balaban J connectivity index is -0.000000563. The molecule has 4 heteroatoms. The largest absolute Gasteiger partial charge is 2.00 e. The van der Waals surface area contributed by atoms with E-state index in [9.17, 15) is 4.79 Å². The molecule has 1 aromatic rings. The minimum absolute atomic E-state index is 0. The van der Waals surface area contributed by atoms with Crippen molar-refractivity contribution in [2.45, 2.75) is 26.2 Å². The van der Waals surface area contributed by atoms with Gasteiger partial charge >= 0.3 is 43.7 Å². The van der Waals surface area contributed by atoms with E-state index in [2.05, 4.69) is 11.9 Å². The van der Waals surface area contributed by atoms with Crippen LogP contribution in [0.3, 0.4) is 0 Å². The van der Waals surface area contributed by atoms with Crippen molar-refractivity contribution in [3.8, 4) is 0 Å². The molecule has 0 spiro atoms. The molecule has 1 aromatic heterocycles. The number of carboxylic acid groups (broad SMARTS) is 1. The Morgan fingerprint density at radius 1 is 1.57 bits per heavy atom. The molecule has 0 aliphatic rings. The molecule has 1 rings (SSSR count). The molecule has 0 aliphatic heterocycles. The molecule has 1 N–H and O–H groups in total. The molecular formula is C10H15CaNO2. The smallest absolute Gasteiger partial charge is 1.00 e. The van der Waals surface area contributed by atoms with E-state index in [1.807, 2.05) is 6.07 Å². The van der Waals surface area contributed by atoms with Crippen LogP contribution in [0, 0.1) is 0 Å². The molecule has 0 aliphatic carbocycles. The summed E-state index contributed by atoms with van der Waals surface area (Å²) in [6, 6.07) is 3.37. The van der Waals surface area contributed by atoms with Crippen LogP contribution in [0.5, 0.6) is 0 Å². The zero-order chi connectivity index (χ0) is 9.68. The van der Waals surface area contributed by atoms with Crippen LogP contribution in [-0.4, -0.2) is 53.8 Å². The summed E-state index contributed by atoms with van der Waals surface area (Å²) in [5.41, 5.74) is 1.21. The van der Waals surface area contributed by atoms with Crippen molar-refractivity contribution in [3.63, 3.8) is 0 Å². The van der Waals surface area contributed by atoms with Crippen LogP contribution >= 0.6 is 0 Å². The average Bonchev–Trinajstić information content (AvgIpc) is 2.15. The van der Waals surface area contributed by atoms with Crippen molar-refractivity contribution in [2.24, 2.45) is 0 Å². The summed E-state index contributed by atoms with van der Waals surface area (Å²) in [4.78, 5) is 14.3. The predicted octanol–water partition coefficient (Wildman–Crippen LogP) is 1.97. The molecule has 74 valence electrons. The van der Waals surface area contributed by atoms with Gasteiger partial charge in [0.15, 0.2) is 0 Å². The maximum Gasteiger partial charge on any atom is 2.00 e. The number of carboxylic acids is 1. The maximum atomic E-state index is 10.5. The van der Waals surface area contributed by atoms with Crippen LogP contribution in [0.2, 0.25) is 0 Å². The third-order valence-corrected chi connectivity index (χ3v) is 1.86. The quantitative estimate of drug-likeness (QED) is 0.791. The van der Waals surface area contributed by atoms with E-state index in [0.29, 0.717) is 0 Å². The molecule has 0 fully saturated rings. The number of rotatable bonds is 4. The molecular weight excluding hydrogens is 206 g/mol. The van der Waals surface area contributed by atoms with Crippen molar-refractivity contribution in [1.82, 2.24) is 4.98 Å². The monoisotopic (exact) mass is 221 g/mol. The van der Waals surface area contributed by atoms with Crippen molar-refractivity contribution in [1.29, 1.82) is 0 Å². The first-order valence-corrected chi connectivity index (χ1v) is 4.42. The topological polar surface area (TPSA) is 50.2 Å². The Labute approximate surface area is 117 Å². The van der Waals surface area contributed by atoms with Gasteiger partial charge in [-0.2, -0.15) is 0 Å². The fourth-order valence-corrected chi connectivity index (χ4v) is 1.08. The number of hydrogen-bond acceptors (Lipinski definition) is 2. The second kappa shape index (κ2) is 7.21. The van der Waals surface area contributed by atoms with E-state index in [0.717, 1.165) is 24.8 Å². The number of carbonyl (C=O) groups is 1. The van der Waals surface area contributed by atoms with Gasteiger partial charge in [-0.1, -0.05) is 19.4 Å². The maximum absolute atomic E-state index is 10.5. The van der Waals surface area contributed by atoms with E-state index < -0.39 is 5.97 Å². The van der Waals surface area contributed by atoms with Gasteiger partial charge in [0.25, 0.3) is 0 Å². The standard InChI is InChI=1S/C10H13NO2.Ca.2H/c1-2-3-4-8-5-6-9(10(12)13)11-7-8;;;/h5-7H,2-4H2,1H3,(H,12,13);;;/q;+2;2*-1. The van der Waals surface area contributed by atoms with E-state index in [4.69, 9.17) is 5.11 Å². The van der Waals surface area contributed by atoms with Gasteiger partial charge in [0, 0.05) is 6.20 Å². The molecule has 0 aromatic carbocycles. The zero-order valence-electron chi connectivity index (χ0n) is 10.4. The van der Waals surface area contributed by atoms with E-state index >= 15 is 0 Å². The second-order valence-corrected chi connectivity index (χ2v) is 2.96. The van der Waals surface area contributed by atoms with Crippen LogP contribution in [0.15, 0.2) is 18.3 Å². The summed E-state index contributed by atoms with van der Waals surface area (Å²) in [7, 11) is 0. The van der Waals surface area contributed by atoms with E-state index in [-0.39, 0.29) is 46.3 Å². The van der Waals surface area contributed by atoms with Crippen LogP contribution in [0.1, 0.15) is 38.7 Å². The second-order valence-electron chi connectivity index (χ2n) is 2.96. The van der Waals surface area contributed by atoms with Gasteiger partial charge in [-0.25, -0.2) is 9.78 Å². The molecule has 0 bridgehead atoms. The first kappa shape index (κ1) is 13.9. The normalized spacial score (nSPS) is 9.21. The molecule has 0 unspecified atom stereocenters. The first-order valence-electron chi connectivity index (χ1n) is 4.42. The molecule has 0 radical (unpaired) electrons. The van der Waals surface area contributed by atoms with Gasteiger partial charge in [0.1, 0.15) is 5.69 Å². The van der Waals surface area contributed by atoms with E-state index in [1.54, 1.807) is 12.3 Å². The minimum Gasteiger partial charge on any atom is -1.00 e. The van der Waals surface area contributed by atoms with Gasteiger partial charge < -0.3 is 7.96 Å². The molecule has 1 heterocycles. The van der Waals surface area contributed by atoms with E-state index in [1.165, 1.54) is 0 Å². The molecule has 0 saturated heterocycles. The molecule has 0 amide bonds. The number of hydrogen-bond donors (Lipinski definition) is 1. The summed E-state index contributed by atoms with van der Waals surface area (Å²) >= 11 is 0. The molecule has 3 nitrogen and oxygen atoms in total. The number of nitrogens with zero attached hydrogens (tertiary/aromatic N) is 1. The average molecular weight is 221 g/mol. The van der Waals surface area contributed by atoms with Crippen molar-refractivity contribution in [3.05, 3.63) is 29.6 Å². The third-order valence-electron chi connectivity index (χ3n) is 1.86. The Bertz CT molecular complexity index is 293. The van der Waals surface area contributed by atoms with Gasteiger partial charge in [0.05, 0.1) is 0 Å². The summed E-state index contributed by atoms with van der Waals surface area (Å²) in [5, 5.41) is 8.59. The van der Waals surface area contributed by atoms with Crippen LogP contribution < -0.4 is 0 Å². The number of unbranched alkanes of at least 4 members (excludes halogenated alkanes) is 1. The van der Waals surface area contributed by atoms with Crippen LogP contribution in [0.4, 0.5) is 0 Å². The number of aromatic nitrogens is 1. The van der Waals surface area contributed by atoms with Gasteiger partial charge in [-0.3, -0.25) is 0 Å². The summed E-state index contributed by atoms with van der Waals surface area (Å²) < 4.78 is 0. The minimum atomic E-state index is -0.970. The summed E-state index contributed by atoms with van der Waals surface area (Å²) in [5.74, 6) is -0.970. The Hall–Kier alpha value is -0.120. The first-order chi connectivity index (χ1) is 6.24. The Morgan fingerprint density at radius 2 is 2.29 bits per heavy atom. The Kier molecular flexibility index (Phi) is 7.15. The van der Waals surface area contributed by atoms with Crippen molar-refractivity contribution < 1.29 is 12.8 Å². The molecule has 14 heavy (non-hydrogen) atoms. The molecule has 0 saturated carbocycles. The van der Waals surface area contributed by atoms with Gasteiger partial charge in [-0.05, 0) is 24.5 Å². The number of pyridine rings is 1. The van der Waals surface area contributed by atoms with Crippen LogP contribution in [0.25, 0.3) is 0 Å². The number of aryl methyl sites for hydroxylation is 1. The summed E-state index contributed by atoms with van der Waals surface area (Å²) in [6.45, 7) is 2.12. The zero-order valence-corrected chi connectivity index (χ0v) is 10.6. The fraction of sp³-hybridized carbons (Fsp3) is 0.400. The van der Waals surface area contributed by atoms with Gasteiger partial charge in [-0.15, -0.1) is 0 Å². The van der Waals surface area contributed by atoms with Crippen LogP contribution in [-0.2, 0) is 6.42 Å². The van der Waals surface area contributed by atoms with Crippen molar-refractivity contribution in [2.75, 3.05) is 0 Å². The number of aromatic carboxylic acids is 1. The Morgan fingerprint density at radius 3 is 2.71 bits per heavy atom. The predicted molar refractivity (Wildman–Crippen MR) is 57.8 cm³/mol. The van der Waals surface area contributed by atoms with Gasteiger partial charge in [0.2, 0.25) is 0 Å². The third kappa shape index (κ3) is 4.40.